The van der Waals surface area contributed by atoms with Crippen molar-refractivity contribution in [2.45, 2.75) is 125 Å². The van der Waals surface area contributed by atoms with Gasteiger partial charge in [-0.2, -0.15) is 0 Å². The summed E-state index contributed by atoms with van der Waals surface area (Å²) in [5.74, 6) is 0.0172. The van der Waals surface area contributed by atoms with Crippen molar-refractivity contribution in [1.82, 2.24) is 58.8 Å². The van der Waals surface area contributed by atoms with Gasteiger partial charge in [0.2, 0.25) is 40.1 Å². The molecule has 5 heterocycles. The van der Waals surface area contributed by atoms with Crippen molar-refractivity contribution < 1.29 is 50.7 Å². The van der Waals surface area contributed by atoms with Crippen molar-refractivity contribution in [1.29, 1.82) is 0 Å². The monoisotopic (exact) mass is 1120 g/mol. The standard InChI is InChI=1S/C48H52N12O8S4.Cu/c1-45(2,3)57-69(61,62)25-13-17-29-33(21-25)41-50-37(29)49-38-30-18-14-26(70(63,64)58-46(4,5)6)22-34(30)42(51-38)53-40-32-20-16-28(72(67,68)60-48(10,11)12)24-36(32)44(55-40)56-43-35-23-27(71(65,66)59-47(7,8)9)15-19-31(35)39(52-41)54-43;/h13-24,57-60H,1-12H3;/q-2;+2. The maximum absolute atomic E-state index is 13.8. The fourth-order valence-electron chi connectivity index (χ4n) is 8.10. The Morgan fingerprint density at radius 3 is 0.863 bits per heavy atom. The summed E-state index contributed by atoms with van der Waals surface area (Å²) >= 11 is 0. The number of nitrogens with zero attached hydrogens (tertiary/aromatic N) is 8. The van der Waals surface area contributed by atoms with Gasteiger partial charge >= 0.3 is 17.1 Å². The Morgan fingerprint density at radius 1 is 0.329 bits per heavy atom. The third-order valence-electron chi connectivity index (χ3n) is 10.6. The zero-order chi connectivity index (χ0) is 52.5. The molecule has 0 spiro atoms. The van der Waals surface area contributed by atoms with Gasteiger partial charge in [0.15, 0.2) is 0 Å². The van der Waals surface area contributed by atoms with E-state index in [1.807, 2.05) is 0 Å². The van der Waals surface area contributed by atoms with Crippen LogP contribution in [-0.4, -0.2) is 85.7 Å². The van der Waals surface area contributed by atoms with Gasteiger partial charge in [-0.15, -0.1) is 0 Å². The van der Waals surface area contributed by atoms with Crippen molar-refractivity contribution in [3.05, 3.63) is 72.8 Å². The van der Waals surface area contributed by atoms with E-state index in [-0.39, 0.29) is 104 Å². The SMILES string of the molecule is CC(C)(C)NS(=O)(=O)c1ccc2c(c1)-c1nc-2nc2[n-]c(nc3nc(nc4[n-]c(n1)c1ccc(S(=O)(=O)NC(C)(C)C)cc41)-c1cc(S(=O)(=O)NC(C)(C)C)ccc1-3)c1cc(S(=O)(=O)NC(C)(C)C)ccc21.[Cu+2]. The maximum Gasteiger partial charge on any atom is 2.00 e. The van der Waals surface area contributed by atoms with Crippen molar-refractivity contribution >= 4 is 84.2 Å². The molecule has 9 rings (SSSR count). The van der Waals surface area contributed by atoms with Gasteiger partial charge < -0.3 is 29.9 Å². The summed E-state index contributed by atoms with van der Waals surface area (Å²) in [4.78, 5) is 38.5. The number of hydrogen-bond donors (Lipinski definition) is 4. The van der Waals surface area contributed by atoms with Crippen LogP contribution in [0.1, 0.15) is 83.1 Å². The van der Waals surface area contributed by atoms with Gasteiger partial charge in [-0.05, 0) is 153 Å². The molecular formula is C48H52CuN12O8S4. The van der Waals surface area contributed by atoms with Gasteiger partial charge in [-0.25, -0.2) is 62.5 Å². The summed E-state index contributed by atoms with van der Waals surface area (Å²) in [5.41, 5.74) is -2.18. The first kappa shape index (κ1) is 53.7. The minimum atomic E-state index is -4.13. The van der Waals surface area contributed by atoms with Crippen LogP contribution in [0, 0.1) is 0 Å². The molecule has 0 amide bonds. The van der Waals surface area contributed by atoms with Gasteiger partial charge in [-0.3, -0.25) is 0 Å². The molecule has 0 saturated carbocycles. The van der Waals surface area contributed by atoms with Crippen molar-refractivity contribution in [2.75, 3.05) is 0 Å². The van der Waals surface area contributed by atoms with Crippen molar-refractivity contribution in [3.63, 3.8) is 0 Å². The zero-order valence-electron chi connectivity index (χ0n) is 41.7. The van der Waals surface area contributed by atoms with E-state index in [0.29, 0.717) is 21.9 Å². The van der Waals surface area contributed by atoms with Crippen LogP contribution in [0.4, 0.5) is 0 Å². The quantitative estimate of drug-likeness (QED) is 0.119. The topological polar surface area (TPSA) is 290 Å². The second kappa shape index (κ2) is 17.8. The van der Waals surface area contributed by atoms with Crippen molar-refractivity contribution in [3.8, 4) is 45.6 Å². The number of rotatable bonds is 8. The Labute approximate surface area is 434 Å². The molecule has 8 bridgehead atoms. The van der Waals surface area contributed by atoms with Crippen LogP contribution in [0.25, 0.3) is 89.7 Å². The molecule has 0 atom stereocenters. The maximum atomic E-state index is 13.8. The van der Waals surface area contributed by atoms with E-state index < -0.39 is 62.2 Å². The first-order valence-corrected chi connectivity index (χ1v) is 28.4. The van der Waals surface area contributed by atoms with Gasteiger partial charge in [-0.1, -0.05) is 24.3 Å². The molecule has 387 valence electrons. The largest absolute Gasteiger partial charge is 2.00 e. The third kappa shape index (κ3) is 11.0. The number of aromatic nitrogens is 8. The number of hydrogen-bond acceptors (Lipinski definition) is 14. The van der Waals surface area contributed by atoms with Crippen molar-refractivity contribution in [2.24, 2.45) is 0 Å². The molecule has 0 fully saturated rings. The summed E-state index contributed by atoms with van der Waals surface area (Å²) in [6.07, 6.45) is 0. The molecule has 20 nitrogen and oxygen atoms in total. The van der Waals surface area contributed by atoms with Crippen LogP contribution in [0.2, 0.25) is 0 Å². The first-order chi connectivity index (χ1) is 33.0. The molecule has 2 aliphatic rings. The number of nitrogens with one attached hydrogen (secondary N) is 4. The van der Waals surface area contributed by atoms with Gasteiger partial charge in [0.05, 0.1) is 42.9 Å². The minimum absolute atomic E-state index is 0. The normalized spacial score (nSPS) is 13.8. The van der Waals surface area contributed by atoms with Gasteiger partial charge in [0.25, 0.3) is 0 Å². The fourth-order valence-corrected chi connectivity index (χ4v) is 13.9. The predicted octanol–water partition coefficient (Wildman–Crippen LogP) is 6.43. The Balaban J connectivity index is 0.00000711. The molecule has 0 unspecified atom stereocenters. The molecule has 2 aliphatic heterocycles. The third-order valence-corrected chi connectivity index (χ3v) is 17.6. The van der Waals surface area contributed by atoms with E-state index in [9.17, 15) is 33.7 Å². The molecule has 1 radical (unpaired) electrons. The van der Waals surface area contributed by atoms with Crippen LogP contribution in [-0.2, 0) is 57.2 Å². The average molecular weight is 1120 g/mol. The first-order valence-electron chi connectivity index (χ1n) is 22.5. The molecule has 3 aromatic heterocycles. The summed E-state index contributed by atoms with van der Waals surface area (Å²) in [6, 6.07) is 17.4. The van der Waals surface area contributed by atoms with Crippen LogP contribution < -0.4 is 28.9 Å². The minimum Gasteiger partial charge on any atom is -0.357 e. The van der Waals surface area contributed by atoms with Crippen LogP contribution in [0.15, 0.2) is 92.4 Å². The van der Waals surface area contributed by atoms with E-state index in [1.165, 1.54) is 60.7 Å². The average Bonchev–Trinajstić information content (AvgIpc) is 3.95. The van der Waals surface area contributed by atoms with Crippen LogP contribution in [0.5, 0.6) is 0 Å². The molecule has 0 aliphatic carbocycles. The molecule has 73 heavy (non-hydrogen) atoms. The molecule has 25 heteroatoms. The van der Waals surface area contributed by atoms with E-state index >= 15 is 0 Å². The second-order valence-electron chi connectivity index (χ2n) is 21.7. The molecule has 4 aromatic carbocycles. The molecule has 0 saturated heterocycles. The van der Waals surface area contributed by atoms with Crippen LogP contribution >= 0.6 is 0 Å². The fraction of sp³-hybridized carbons (Fsp3) is 0.333. The van der Waals surface area contributed by atoms with Gasteiger partial charge in [0, 0.05) is 67.0 Å². The number of benzene rings is 4. The Hall–Kier alpha value is -5.60. The molecular weight excluding hydrogens is 1060 g/mol. The smallest absolute Gasteiger partial charge is 0.357 e. The van der Waals surface area contributed by atoms with E-state index in [4.69, 9.17) is 39.9 Å². The summed E-state index contributed by atoms with van der Waals surface area (Å²) in [5, 5.41) is 1.18. The summed E-state index contributed by atoms with van der Waals surface area (Å²) in [7, 11) is -16.5. The van der Waals surface area contributed by atoms with E-state index in [2.05, 4.69) is 18.9 Å². The Bertz CT molecular complexity index is 4120. The zero-order valence-corrected chi connectivity index (χ0v) is 45.9. The summed E-state index contributed by atoms with van der Waals surface area (Å²) in [6.45, 7) is 20.5. The van der Waals surface area contributed by atoms with E-state index in [1.54, 1.807) is 95.2 Å². The number of fused-ring (bicyclic) bond motifs is 20. The number of sulfonamides is 4. The summed E-state index contributed by atoms with van der Waals surface area (Å²) < 4.78 is 121. The Kier molecular flexibility index (Phi) is 13.1. The van der Waals surface area contributed by atoms with E-state index in [0.717, 1.165) is 0 Å². The molecule has 7 aromatic rings. The van der Waals surface area contributed by atoms with Gasteiger partial charge in [0.1, 0.15) is 0 Å². The second-order valence-corrected chi connectivity index (χ2v) is 28.5. The van der Waals surface area contributed by atoms with Crippen LogP contribution in [0.3, 0.4) is 0 Å². The predicted molar refractivity (Wildman–Crippen MR) is 274 cm³/mol. The Morgan fingerprint density at radius 2 is 0.575 bits per heavy atom. The molecule has 4 N–H and O–H groups in total.